The molecule has 0 aliphatic carbocycles. The van der Waals surface area contributed by atoms with Crippen molar-refractivity contribution in [1.29, 1.82) is 0 Å². The first-order valence-electron chi connectivity index (χ1n) is 8.60. The molecule has 1 aliphatic heterocycles. The summed E-state index contributed by atoms with van der Waals surface area (Å²) in [6.45, 7) is 4.45. The van der Waals surface area contributed by atoms with Gasteiger partial charge in [-0.05, 0) is 32.3 Å². The third kappa shape index (κ3) is 4.26. The Balaban J connectivity index is 1.55. The Hall–Kier alpha value is -2.63. The van der Waals surface area contributed by atoms with Gasteiger partial charge >= 0.3 is 0 Å². The lowest BCUT2D eigenvalue weighted by Crippen LogP contribution is -2.47. The molecule has 0 saturated carbocycles. The predicted molar refractivity (Wildman–Crippen MR) is 96.0 cm³/mol. The van der Waals surface area contributed by atoms with E-state index in [1.807, 2.05) is 32.0 Å². The summed E-state index contributed by atoms with van der Waals surface area (Å²) in [7, 11) is 0. The summed E-state index contributed by atoms with van der Waals surface area (Å²) in [6, 6.07) is 10.2. The summed E-state index contributed by atoms with van der Waals surface area (Å²) in [5.74, 6) is -0.417. The van der Waals surface area contributed by atoms with Gasteiger partial charge in [-0.2, -0.15) is 5.10 Å². The van der Waals surface area contributed by atoms with E-state index in [0.29, 0.717) is 12.2 Å². The Bertz CT molecular complexity index is 725. The first-order chi connectivity index (χ1) is 11.9. The number of hydrogen-bond acceptors (Lipinski definition) is 3. The van der Waals surface area contributed by atoms with Crippen molar-refractivity contribution in [2.24, 2.45) is 5.92 Å². The number of anilines is 1. The number of hydrogen-bond donors (Lipinski definition) is 2. The van der Waals surface area contributed by atoms with E-state index >= 15 is 0 Å². The third-order valence-corrected chi connectivity index (χ3v) is 4.63. The fourth-order valence-electron chi connectivity index (χ4n) is 3.12. The van der Waals surface area contributed by atoms with E-state index in [9.17, 15) is 9.59 Å². The second-order valence-corrected chi connectivity index (χ2v) is 7.22. The second-order valence-electron chi connectivity index (χ2n) is 7.22. The summed E-state index contributed by atoms with van der Waals surface area (Å²) in [5, 5.41) is 9.68. The van der Waals surface area contributed by atoms with Crippen LogP contribution in [-0.4, -0.2) is 34.1 Å². The van der Waals surface area contributed by atoms with Gasteiger partial charge in [0, 0.05) is 24.7 Å². The fourth-order valence-corrected chi connectivity index (χ4v) is 3.12. The van der Waals surface area contributed by atoms with Crippen LogP contribution in [0.2, 0.25) is 0 Å². The number of amides is 2. The van der Waals surface area contributed by atoms with Gasteiger partial charge in [-0.3, -0.25) is 14.7 Å². The average Bonchev–Trinajstić information content (AvgIpc) is 3.23. The van der Waals surface area contributed by atoms with Gasteiger partial charge in [-0.25, -0.2) is 0 Å². The lowest BCUT2D eigenvalue weighted by Gasteiger charge is -2.28. The highest BCUT2D eigenvalue weighted by atomic mass is 16.2. The monoisotopic (exact) mass is 340 g/mol. The summed E-state index contributed by atoms with van der Waals surface area (Å²) >= 11 is 0. The normalized spacial score (nSPS) is 17.8. The van der Waals surface area contributed by atoms with Crippen LogP contribution in [0, 0.1) is 5.92 Å². The highest BCUT2D eigenvalue weighted by Gasteiger charge is 2.37. The quantitative estimate of drug-likeness (QED) is 0.847. The van der Waals surface area contributed by atoms with Crippen molar-refractivity contribution in [2.75, 3.05) is 11.4 Å². The van der Waals surface area contributed by atoms with Crippen molar-refractivity contribution in [3.8, 4) is 0 Å². The molecule has 1 saturated heterocycles. The Kier molecular flexibility index (Phi) is 4.88. The molecule has 2 heterocycles. The van der Waals surface area contributed by atoms with Crippen LogP contribution >= 0.6 is 0 Å². The number of benzene rings is 1. The molecule has 1 fully saturated rings. The van der Waals surface area contributed by atoms with Crippen molar-refractivity contribution < 1.29 is 9.59 Å². The van der Waals surface area contributed by atoms with Gasteiger partial charge in [0.25, 0.3) is 0 Å². The Morgan fingerprint density at radius 3 is 2.80 bits per heavy atom. The van der Waals surface area contributed by atoms with Crippen LogP contribution < -0.4 is 10.2 Å². The number of aromatic nitrogens is 2. The summed E-state index contributed by atoms with van der Waals surface area (Å²) in [5.41, 5.74) is 1.65. The number of H-pyrrole nitrogens is 1. The minimum atomic E-state index is -0.321. The number of aryl methyl sites for hydroxylation is 1. The van der Waals surface area contributed by atoms with Crippen LogP contribution in [0.3, 0.4) is 0 Å². The predicted octanol–water partition coefficient (Wildman–Crippen LogP) is 2.29. The zero-order chi connectivity index (χ0) is 17.9. The molecule has 2 aromatic rings. The topological polar surface area (TPSA) is 78.1 Å². The van der Waals surface area contributed by atoms with Crippen LogP contribution in [0.25, 0.3) is 0 Å². The van der Waals surface area contributed by atoms with Gasteiger partial charge in [0.2, 0.25) is 11.8 Å². The zero-order valence-electron chi connectivity index (χ0n) is 14.7. The highest BCUT2D eigenvalue weighted by molar-refractivity contribution is 6.00. The average molecular weight is 340 g/mol. The molecule has 0 unspecified atom stereocenters. The van der Waals surface area contributed by atoms with Gasteiger partial charge in [0.05, 0.1) is 17.8 Å². The first kappa shape index (κ1) is 17.2. The van der Waals surface area contributed by atoms with Crippen molar-refractivity contribution >= 4 is 17.5 Å². The molecule has 25 heavy (non-hydrogen) atoms. The molecule has 1 aromatic heterocycles. The molecule has 2 N–H and O–H groups in total. The highest BCUT2D eigenvalue weighted by Crippen LogP contribution is 2.25. The van der Waals surface area contributed by atoms with Crippen LogP contribution in [0.4, 0.5) is 5.69 Å². The molecule has 1 aromatic carbocycles. The summed E-state index contributed by atoms with van der Waals surface area (Å²) in [4.78, 5) is 26.4. The molecule has 0 spiro atoms. The summed E-state index contributed by atoms with van der Waals surface area (Å²) in [6.07, 6.45) is 5.25. The number of nitrogens with zero attached hydrogens (tertiary/aromatic N) is 2. The van der Waals surface area contributed by atoms with Gasteiger partial charge in [-0.15, -0.1) is 0 Å². The fraction of sp³-hybridized carbons (Fsp3) is 0.421. The van der Waals surface area contributed by atoms with Crippen molar-refractivity contribution in [3.05, 3.63) is 48.3 Å². The third-order valence-electron chi connectivity index (χ3n) is 4.63. The molecular formula is C19H24N4O2. The Morgan fingerprint density at radius 1 is 1.36 bits per heavy atom. The van der Waals surface area contributed by atoms with Crippen molar-refractivity contribution in [2.45, 2.75) is 38.6 Å². The van der Waals surface area contributed by atoms with Crippen LogP contribution in [0.15, 0.2) is 42.7 Å². The molecule has 1 aliphatic rings. The molecule has 6 heteroatoms. The second kappa shape index (κ2) is 7.09. The molecule has 1 atom stereocenters. The van der Waals surface area contributed by atoms with E-state index in [0.717, 1.165) is 12.8 Å². The van der Waals surface area contributed by atoms with E-state index in [4.69, 9.17) is 0 Å². The molecule has 0 bridgehead atoms. The van der Waals surface area contributed by atoms with Gasteiger partial charge < -0.3 is 10.2 Å². The minimum Gasteiger partial charge on any atom is -0.351 e. The van der Waals surface area contributed by atoms with E-state index in [2.05, 4.69) is 27.6 Å². The molecule has 132 valence electrons. The Morgan fingerprint density at radius 2 is 2.12 bits per heavy atom. The Labute approximate surface area is 147 Å². The lowest BCUT2D eigenvalue weighted by atomic mass is 9.94. The van der Waals surface area contributed by atoms with Gasteiger partial charge in [-0.1, -0.05) is 30.3 Å². The molecule has 2 amide bonds. The van der Waals surface area contributed by atoms with Crippen molar-refractivity contribution in [1.82, 2.24) is 15.5 Å². The number of nitrogens with one attached hydrogen (secondary N) is 2. The maximum atomic E-state index is 12.6. The maximum absolute atomic E-state index is 12.6. The SMILES string of the molecule is CC(C)(CCc1ccccc1)NC(=O)[C@@H]1CC(=O)N(c2cn[nH]c2)C1. The first-order valence-corrected chi connectivity index (χ1v) is 8.60. The zero-order valence-corrected chi connectivity index (χ0v) is 14.7. The minimum absolute atomic E-state index is 0.0383. The van der Waals surface area contributed by atoms with Gasteiger partial charge in [0.15, 0.2) is 0 Å². The van der Waals surface area contributed by atoms with Crippen LogP contribution in [0.1, 0.15) is 32.3 Å². The van der Waals surface area contributed by atoms with Gasteiger partial charge in [0.1, 0.15) is 0 Å². The van der Waals surface area contributed by atoms with E-state index in [1.54, 1.807) is 17.3 Å². The standard InChI is InChI=1S/C19H24N4O2/c1-19(2,9-8-14-6-4-3-5-7-14)22-18(25)15-10-17(24)23(13-15)16-11-20-21-12-16/h3-7,11-12,15H,8-10,13H2,1-2H3,(H,20,21)(H,22,25)/t15-/m1/s1. The lowest BCUT2D eigenvalue weighted by molar-refractivity contribution is -0.127. The number of aromatic amines is 1. The number of carbonyl (C=O) groups excluding carboxylic acids is 2. The molecule has 6 nitrogen and oxygen atoms in total. The van der Waals surface area contributed by atoms with E-state index in [-0.39, 0.29) is 29.7 Å². The summed E-state index contributed by atoms with van der Waals surface area (Å²) < 4.78 is 0. The van der Waals surface area contributed by atoms with Crippen LogP contribution in [-0.2, 0) is 16.0 Å². The number of carbonyl (C=O) groups is 2. The smallest absolute Gasteiger partial charge is 0.227 e. The van der Waals surface area contributed by atoms with E-state index < -0.39 is 0 Å². The maximum Gasteiger partial charge on any atom is 0.227 e. The molecular weight excluding hydrogens is 316 g/mol. The van der Waals surface area contributed by atoms with E-state index in [1.165, 1.54) is 5.56 Å². The largest absolute Gasteiger partial charge is 0.351 e. The molecule has 3 rings (SSSR count). The molecule has 0 radical (unpaired) electrons. The van der Waals surface area contributed by atoms with Crippen molar-refractivity contribution in [3.63, 3.8) is 0 Å². The van der Waals surface area contributed by atoms with Crippen LogP contribution in [0.5, 0.6) is 0 Å². The number of rotatable bonds is 6.